The van der Waals surface area contributed by atoms with Gasteiger partial charge in [0.05, 0.1) is 12.0 Å². The number of esters is 1. The summed E-state index contributed by atoms with van der Waals surface area (Å²) in [4.78, 5) is 32.5. The number of carbonyl (C=O) groups is 2. The van der Waals surface area contributed by atoms with Crippen LogP contribution in [0.4, 0.5) is 4.39 Å². The van der Waals surface area contributed by atoms with Gasteiger partial charge in [-0.3, -0.25) is 9.59 Å². The lowest BCUT2D eigenvalue weighted by atomic mass is 9.75. The third-order valence-corrected chi connectivity index (χ3v) is 5.98. The second-order valence-corrected chi connectivity index (χ2v) is 8.47. The maximum absolute atomic E-state index is 13.4. The average Bonchev–Trinajstić information content (AvgIpc) is 3.19. The fraction of sp³-hybridized carbons (Fsp3) is 0.417. The average molecular weight is 439 g/mol. The second-order valence-electron chi connectivity index (χ2n) is 8.47. The molecule has 7 nitrogen and oxygen atoms in total. The van der Waals surface area contributed by atoms with E-state index in [1.54, 1.807) is 34.5 Å². The van der Waals surface area contributed by atoms with Gasteiger partial charge in [0, 0.05) is 30.5 Å². The van der Waals surface area contributed by atoms with Crippen LogP contribution in [0.3, 0.4) is 0 Å². The number of aromatic nitrogens is 3. The fourth-order valence-electron chi connectivity index (χ4n) is 4.52. The Hall–Kier alpha value is -3.29. The molecule has 168 valence electrons. The number of ether oxygens (including phenoxy) is 1. The van der Waals surface area contributed by atoms with Crippen LogP contribution in [-0.2, 0) is 16.0 Å². The minimum absolute atomic E-state index is 0.224. The summed E-state index contributed by atoms with van der Waals surface area (Å²) >= 11 is 0. The van der Waals surface area contributed by atoms with Gasteiger partial charge in [0.25, 0.3) is 5.91 Å². The van der Waals surface area contributed by atoms with E-state index in [4.69, 9.17) is 4.74 Å². The van der Waals surface area contributed by atoms with Crippen molar-refractivity contribution in [1.82, 2.24) is 19.5 Å². The minimum Gasteiger partial charge on any atom is -0.466 e. The largest absolute Gasteiger partial charge is 0.466 e. The van der Waals surface area contributed by atoms with Crippen molar-refractivity contribution in [3.63, 3.8) is 0 Å². The van der Waals surface area contributed by atoms with Crippen molar-refractivity contribution in [2.75, 3.05) is 19.7 Å². The molecule has 1 saturated heterocycles. The van der Waals surface area contributed by atoms with Gasteiger partial charge in [0.1, 0.15) is 5.82 Å². The van der Waals surface area contributed by atoms with Gasteiger partial charge in [-0.2, -0.15) is 5.10 Å². The van der Waals surface area contributed by atoms with E-state index in [1.165, 1.54) is 12.1 Å². The molecular formula is C24H27FN4O3. The predicted molar refractivity (Wildman–Crippen MR) is 117 cm³/mol. The Bertz CT molecular complexity index is 1160. The van der Waals surface area contributed by atoms with E-state index < -0.39 is 5.41 Å². The maximum atomic E-state index is 13.4. The van der Waals surface area contributed by atoms with Crippen molar-refractivity contribution < 1.29 is 18.7 Å². The summed E-state index contributed by atoms with van der Waals surface area (Å²) in [7, 11) is 0. The number of aryl methyl sites for hydroxylation is 2. The summed E-state index contributed by atoms with van der Waals surface area (Å²) in [5.41, 5.74) is 2.61. The quantitative estimate of drug-likeness (QED) is 0.570. The molecule has 1 atom stereocenters. The maximum Gasteiger partial charge on any atom is 0.314 e. The van der Waals surface area contributed by atoms with Crippen molar-refractivity contribution in [1.29, 1.82) is 0 Å². The van der Waals surface area contributed by atoms with Gasteiger partial charge in [-0.1, -0.05) is 12.1 Å². The van der Waals surface area contributed by atoms with E-state index in [9.17, 15) is 14.0 Å². The lowest BCUT2D eigenvalue weighted by Gasteiger charge is -2.40. The molecule has 0 unspecified atom stereocenters. The zero-order chi connectivity index (χ0) is 22.9. The van der Waals surface area contributed by atoms with Crippen LogP contribution < -0.4 is 0 Å². The van der Waals surface area contributed by atoms with Crippen LogP contribution in [0.5, 0.6) is 0 Å². The number of likely N-dealkylation sites (tertiary alicyclic amines) is 1. The SMILES string of the molecule is CCOC(=O)[C@@]1(Cc2ccc(F)cc2)CCCN(C(=O)c2cc3nc(C)cc(C)n3n2)C1. The number of fused-ring (bicyclic) bond motifs is 1. The highest BCUT2D eigenvalue weighted by Crippen LogP contribution is 2.36. The smallest absolute Gasteiger partial charge is 0.314 e. The van der Waals surface area contributed by atoms with Crippen LogP contribution in [0, 0.1) is 25.1 Å². The highest BCUT2D eigenvalue weighted by molar-refractivity contribution is 5.94. The Morgan fingerprint density at radius 1 is 1.19 bits per heavy atom. The van der Waals surface area contributed by atoms with Crippen molar-refractivity contribution in [3.05, 3.63) is 64.9 Å². The van der Waals surface area contributed by atoms with Crippen LogP contribution in [0.15, 0.2) is 36.4 Å². The van der Waals surface area contributed by atoms with Gasteiger partial charge in [-0.25, -0.2) is 13.9 Å². The Labute approximate surface area is 186 Å². The number of piperidine rings is 1. The Morgan fingerprint density at radius 2 is 1.94 bits per heavy atom. The molecule has 32 heavy (non-hydrogen) atoms. The first-order chi connectivity index (χ1) is 15.3. The molecule has 0 spiro atoms. The zero-order valence-corrected chi connectivity index (χ0v) is 18.6. The molecule has 4 rings (SSSR count). The summed E-state index contributed by atoms with van der Waals surface area (Å²) < 4.78 is 20.4. The van der Waals surface area contributed by atoms with Crippen LogP contribution in [0.25, 0.3) is 5.65 Å². The minimum atomic E-state index is -0.883. The summed E-state index contributed by atoms with van der Waals surface area (Å²) in [6.07, 6.45) is 1.63. The second kappa shape index (κ2) is 8.68. The van der Waals surface area contributed by atoms with Crippen molar-refractivity contribution in [2.24, 2.45) is 5.41 Å². The lowest BCUT2D eigenvalue weighted by Crippen LogP contribution is -2.51. The molecule has 0 aliphatic carbocycles. The van der Waals surface area contributed by atoms with Crippen LogP contribution in [0.2, 0.25) is 0 Å². The first-order valence-electron chi connectivity index (χ1n) is 10.9. The highest BCUT2D eigenvalue weighted by atomic mass is 19.1. The van der Waals surface area contributed by atoms with E-state index in [2.05, 4.69) is 10.1 Å². The number of carbonyl (C=O) groups excluding carboxylic acids is 2. The van der Waals surface area contributed by atoms with E-state index in [-0.39, 0.29) is 30.8 Å². The first kappa shape index (κ1) is 21.9. The molecule has 1 aliphatic heterocycles. The molecule has 1 aliphatic rings. The molecular weight excluding hydrogens is 411 g/mol. The van der Waals surface area contributed by atoms with E-state index in [0.29, 0.717) is 37.1 Å². The Kier molecular flexibility index (Phi) is 5.95. The topological polar surface area (TPSA) is 76.8 Å². The number of amides is 1. The summed E-state index contributed by atoms with van der Waals surface area (Å²) in [5.74, 6) is -0.893. The molecule has 3 aromatic rings. The third-order valence-electron chi connectivity index (χ3n) is 5.98. The van der Waals surface area contributed by atoms with E-state index in [1.807, 2.05) is 19.9 Å². The van der Waals surface area contributed by atoms with Crippen LogP contribution in [0.1, 0.15) is 47.2 Å². The normalized spacial score (nSPS) is 18.7. The number of hydrogen-bond donors (Lipinski definition) is 0. The number of hydrogen-bond acceptors (Lipinski definition) is 5. The first-order valence-corrected chi connectivity index (χ1v) is 10.9. The van der Waals surface area contributed by atoms with Crippen LogP contribution in [-0.4, -0.2) is 51.1 Å². The molecule has 1 amide bonds. The lowest BCUT2D eigenvalue weighted by molar-refractivity contribution is -0.158. The summed E-state index contributed by atoms with van der Waals surface area (Å²) in [6.45, 7) is 6.59. The third kappa shape index (κ3) is 4.22. The molecule has 1 fully saturated rings. The van der Waals surface area contributed by atoms with Crippen molar-refractivity contribution in [2.45, 2.75) is 40.0 Å². The van der Waals surface area contributed by atoms with Gasteiger partial charge in [0.15, 0.2) is 11.3 Å². The van der Waals surface area contributed by atoms with Gasteiger partial charge < -0.3 is 9.64 Å². The summed E-state index contributed by atoms with van der Waals surface area (Å²) in [6, 6.07) is 9.71. The molecule has 0 N–H and O–H groups in total. The van der Waals surface area contributed by atoms with Crippen molar-refractivity contribution >= 4 is 17.5 Å². The Morgan fingerprint density at radius 3 is 2.66 bits per heavy atom. The number of halogens is 1. The molecule has 8 heteroatoms. The van der Waals surface area contributed by atoms with Crippen LogP contribution >= 0.6 is 0 Å². The van der Waals surface area contributed by atoms with Gasteiger partial charge in [-0.05, 0) is 63.8 Å². The van der Waals surface area contributed by atoms with Gasteiger partial charge in [-0.15, -0.1) is 0 Å². The fourth-order valence-corrected chi connectivity index (χ4v) is 4.52. The molecule has 0 radical (unpaired) electrons. The number of nitrogens with zero attached hydrogens (tertiary/aromatic N) is 4. The Balaban J connectivity index is 1.63. The van der Waals surface area contributed by atoms with Crippen molar-refractivity contribution in [3.8, 4) is 0 Å². The number of benzene rings is 1. The van der Waals surface area contributed by atoms with E-state index in [0.717, 1.165) is 17.0 Å². The number of rotatable bonds is 5. The predicted octanol–water partition coefficient (Wildman–Crippen LogP) is 3.51. The standard InChI is InChI=1S/C24H27FN4O3/c1-4-32-23(31)24(14-18-6-8-19(25)9-7-18)10-5-11-28(15-24)22(30)20-13-21-26-16(2)12-17(3)29(21)27-20/h6-9,12-13H,4-5,10-11,14-15H2,1-3H3/t24-/m1/s1. The van der Waals surface area contributed by atoms with E-state index >= 15 is 0 Å². The molecule has 0 bridgehead atoms. The van der Waals surface area contributed by atoms with Gasteiger partial charge in [0.2, 0.25) is 0 Å². The molecule has 1 aromatic carbocycles. The molecule has 0 saturated carbocycles. The highest BCUT2D eigenvalue weighted by Gasteiger charge is 2.45. The monoisotopic (exact) mass is 438 g/mol. The van der Waals surface area contributed by atoms with Gasteiger partial charge >= 0.3 is 5.97 Å². The summed E-state index contributed by atoms with van der Waals surface area (Å²) in [5, 5.41) is 4.46. The molecule has 3 heterocycles. The zero-order valence-electron chi connectivity index (χ0n) is 18.6. The molecule has 2 aromatic heterocycles.